The lowest BCUT2D eigenvalue weighted by Crippen LogP contribution is -2.49. The monoisotopic (exact) mass is 591 g/mol. The van der Waals surface area contributed by atoms with Crippen LogP contribution in [0, 0.1) is 0 Å². The zero-order valence-electron chi connectivity index (χ0n) is 20.8. The molecule has 4 heterocycles. The van der Waals surface area contributed by atoms with Gasteiger partial charge in [0.05, 0.1) is 29.9 Å². The van der Waals surface area contributed by atoms with Crippen LogP contribution >= 0.6 is 0 Å². The maximum atomic E-state index is 13.4. The van der Waals surface area contributed by atoms with Gasteiger partial charge >= 0.3 is 12.2 Å². The number of carbonyl (C=O) groups excluding carboxylic acids is 2. The van der Waals surface area contributed by atoms with Gasteiger partial charge in [-0.2, -0.15) is 16.9 Å². The second kappa shape index (κ2) is 9.82. The molecule has 212 valence electrons. The fraction of sp³-hybridized carbons (Fsp3) is 0.429. The molecule has 0 aromatic carbocycles. The van der Waals surface area contributed by atoms with Crippen molar-refractivity contribution in [2.24, 2.45) is 0 Å². The highest BCUT2D eigenvalue weighted by molar-refractivity contribution is 8.09. The van der Waals surface area contributed by atoms with Crippen molar-refractivity contribution in [2.45, 2.75) is 31.6 Å². The third kappa shape index (κ3) is 5.85. The summed E-state index contributed by atoms with van der Waals surface area (Å²) in [7, 11) is -8.50. The highest BCUT2D eigenvalue weighted by Crippen LogP contribution is 2.39. The lowest BCUT2D eigenvalue weighted by atomic mass is 10.1. The van der Waals surface area contributed by atoms with Gasteiger partial charge in [-0.25, -0.2) is 31.6 Å². The van der Waals surface area contributed by atoms with Crippen molar-refractivity contribution >= 4 is 55.0 Å². The number of anilines is 4. The van der Waals surface area contributed by atoms with Crippen LogP contribution in [0.4, 0.5) is 41.0 Å². The minimum Gasteiger partial charge on any atom is -0.366 e. The molecule has 2 atom stereocenters. The Hall–Kier alpha value is -3.67. The Kier molecular flexibility index (Phi) is 7.13. The maximum Gasteiger partial charge on any atom is 0.408 e. The number of amides is 3. The predicted molar refractivity (Wildman–Crippen MR) is 136 cm³/mol. The quantitative estimate of drug-likeness (QED) is 0.507. The minimum absolute atomic E-state index is 0.0404. The molecule has 2 aromatic heterocycles. The number of hydrogen-bond donors (Lipinski definition) is 2. The van der Waals surface area contributed by atoms with E-state index in [1.165, 1.54) is 17.0 Å². The van der Waals surface area contributed by atoms with Gasteiger partial charge < -0.3 is 10.2 Å². The molecule has 13 nitrogen and oxygen atoms in total. The summed E-state index contributed by atoms with van der Waals surface area (Å²) in [5, 5.41) is 4.32. The first-order valence-corrected chi connectivity index (χ1v) is 15.1. The van der Waals surface area contributed by atoms with E-state index < -0.39 is 50.2 Å². The third-order valence-corrected chi connectivity index (χ3v) is 9.28. The second-order valence-corrected chi connectivity index (χ2v) is 13.0. The molecular weight excluding hydrogens is 567 g/mol. The molecular formula is C21H24F3N7O6S2. The SMILES string of the molecule is C[C@@H](NC(=O)c1ccc2c(n1)N(C(=O)Nc1cc(N(S(C)(=O)=O)S(C)(=O)=O)ccn1)C1CCN2C1)C(F)(F)F. The Bertz CT molecular complexity index is 1500. The van der Waals surface area contributed by atoms with Gasteiger partial charge in [0.15, 0.2) is 5.82 Å². The Balaban J connectivity index is 1.65. The Morgan fingerprint density at radius 3 is 2.41 bits per heavy atom. The third-order valence-electron chi connectivity index (χ3n) is 6.03. The number of rotatable bonds is 6. The summed E-state index contributed by atoms with van der Waals surface area (Å²) in [4.78, 5) is 37.2. The molecule has 3 amide bonds. The number of nitrogens with one attached hydrogen (secondary N) is 2. The van der Waals surface area contributed by atoms with Crippen LogP contribution in [0.2, 0.25) is 0 Å². The van der Waals surface area contributed by atoms with Gasteiger partial charge in [-0.3, -0.25) is 15.0 Å². The van der Waals surface area contributed by atoms with E-state index in [2.05, 4.69) is 15.3 Å². The normalized spacial score (nSPS) is 17.8. The molecule has 1 unspecified atom stereocenters. The van der Waals surface area contributed by atoms with E-state index in [1.54, 1.807) is 0 Å². The molecule has 0 saturated carbocycles. The average Bonchev–Trinajstić information content (AvgIpc) is 3.20. The van der Waals surface area contributed by atoms with Crippen molar-refractivity contribution in [2.75, 3.05) is 44.4 Å². The molecule has 4 rings (SSSR count). The van der Waals surface area contributed by atoms with Crippen molar-refractivity contribution in [1.29, 1.82) is 0 Å². The summed E-state index contributed by atoms with van der Waals surface area (Å²) in [5.74, 6) is -1.21. The van der Waals surface area contributed by atoms with Crippen LogP contribution in [-0.4, -0.2) is 82.6 Å². The van der Waals surface area contributed by atoms with E-state index in [0.29, 0.717) is 37.7 Å². The zero-order valence-corrected chi connectivity index (χ0v) is 22.4. The first-order valence-electron chi connectivity index (χ1n) is 11.4. The molecule has 0 radical (unpaired) electrons. The van der Waals surface area contributed by atoms with E-state index in [-0.39, 0.29) is 26.7 Å². The molecule has 2 N–H and O–H groups in total. The lowest BCUT2D eigenvalue weighted by molar-refractivity contribution is -0.149. The van der Waals surface area contributed by atoms with Crippen LogP contribution in [0.15, 0.2) is 30.5 Å². The van der Waals surface area contributed by atoms with Crippen molar-refractivity contribution in [3.05, 3.63) is 36.2 Å². The Labute approximate surface area is 222 Å². The van der Waals surface area contributed by atoms with Crippen molar-refractivity contribution in [3.63, 3.8) is 0 Å². The van der Waals surface area contributed by atoms with Gasteiger partial charge in [-0.1, -0.05) is 0 Å². The smallest absolute Gasteiger partial charge is 0.366 e. The van der Waals surface area contributed by atoms with Crippen molar-refractivity contribution in [1.82, 2.24) is 15.3 Å². The molecule has 39 heavy (non-hydrogen) atoms. The van der Waals surface area contributed by atoms with Crippen molar-refractivity contribution < 1.29 is 39.6 Å². The predicted octanol–water partition coefficient (Wildman–Crippen LogP) is 1.51. The number of fused-ring (bicyclic) bond motifs is 4. The molecule has 1 saturated heterocycles. The number of halogens is 3. The first kappa shape index (κ1) is 28.3. The van der Waals surface area contributed by atoms with E-state index in [9.17, 15) is 39.6 Å². The van der Waals surface area contributed by atoms with Gasteiger partial charge in [0, 0.05) is 25.4 Å². The summed E-state index contributed by atoms with van der Waals surface area (Å²) in [6.45, 7) is 1.78. The zero-order chi connectivity index (χ0) is 28.9. The van der Waals surface area contributed by atoms with Crippen LogP contribution in [0.5, 0.6) is 0 Å². The van der Waals surface area contributed by atoms with Gasteiger partial charge in [0.25, 0.3) is 5.91 Å². The Morgan fingerprint density at radius 2 is 1.79 bits per heavy atom. The summed E-state index contributed by atoms with van der Waals surface area (Å²) in [5.41, 5.74) is -0.129. The number of sulfonamides is 2. The summed E-state index contributed by atoms with van der Waals surface area (Å²) >= 11 is 0. The lowest BCUT2D eigenvalue weighted by Gasteiger charge is -2.35. The van der Waals surface area contributed by atoms with E-state index in [1.807, 2.05) is 10.2 Å². The molecule has 1 fully saturated rings. The topological polar surface area (TPSA) is 162 Å². The average molecular weight is 592 g/mol. The summed E-state index contributed by atoms with van der Waals surface area (Å²) in [6, 6.07) is 1.65. The van der Waals surface area contributed by atoms with Crippen LogP contribution in [0.1, 0.15) is 23.8 Å². The minimum atomic E-state index is -4.66. The molecule has 2 aliphatic rings. The largest absolute Gasteiger partial charge is 0.408 e. The summed E-state index contributed by atoms with van der Waals surface area (Å²) in [6.07, 6.45) is -1.61. The Morgan fingerprint density at radius 1 is 1.13 bits per heavy atom. The molecule has 0 spiro atoms. The highest BCUT2D eigenvalue weighted by Gasteiger charge is 2.41. The molecule has 0 aliphatic carbocycles. The standard InChI is InChI=1S/C21H24F3N7O6S2/c1-12(21(22,23)24)26-19(32)15-4-5-16-18(27-15)30(14-7-9-29(16)11-14)20(33)28-17-10-13(6-8-25-17)31(38(2,34)35)39(3,36)37/h4-6,8,10,12,14H,7,9,11H2,1-3H3,(H,26,32)(H,25,28,33)/t12-,14?/m1/s1. The molecule has 2 bridgehead atoms. The van der Waals surface area contributed by atoms with Crippen LogP contribution < -0.4 is 24.1 Å². The number of aromatic nitrogens is 2. The molecule has 2 aromatic rings. The number of alkyl halides is 3. The first-order chi connectivity index (χ1) is 18.0. The van der Waals surface area contributed by atoms with Crippen LogP contribution in [0.25, 0.3) is 0 Å². The number of hydrogen-bond acceptors (Lipinski definition) is 9. The van der Waals surface area contributed by atoms with Crippen LogP contribution in [0.3, 0.4) is 0 Å². The fourth-order valence-corrected chi connectivity index (χ4v) is 7.31. The van der Waals surface area contributed by atoms with E-state index in [0.717, 1.165) is 25.3 Å². The van der Waals surface area contributed by atoms with Crippen molar-refractivity contribution in [3.8, 4) is 0 Å². The second-order valence-electron chi connectivity index (χ2n) is 9.09. The highest BCUT2D eigenvalue weighted by atomic mass is 32.3. The van der Waals surface area contributed by atoms with Gasteiger partial charge in [0.1, 0.15) is 17.6 Å². The molecule has 2 aliphatic heterocycles. The van der Waals surface area contributed by atoms with Gasteiger partial charge in [0.2, 0.25) is 20.0 Å². The number of carbonyl (C=O) groups is 2. The van der Waals surface area contributed by atoms with Gasteiger partial charge in [-0.15, -0.1) is 0 Å². The van der Waals surface area contributed by atoms with Crippen LogP contribution in [-0.2, 0) is 20.0 Å². The van der Waals surface area contributed by atoms with Gasteiger partial charge in [-0.05, 0) is 31.5 Å². The fourth-order valence-electron chi connectivity index (χ4n) is 4.35. The maximum absolute atomic E-state index is 13.4. The number of nitrogens with zero attached hydrogens (tertiary/aromatic N) is 5. The number of pyridine rings is 2. The van der Waals surface area contributed by atoms with E-state index >= 15 is 0 Å². The summed E-state index contributed by atoms with van der Waals surface area (Å²) < 4.78 is 87.4. The molecule has 18 heteroatoms. The number of urea groups is 1. The van der Waals surface area contributed by atoms with E-state index in [4.69, 9.17) is 0 Å².